The molecule has 0 aromatic heterocycles. The van der Waals surface area contributed by atoms with E-state index < -0.39 is 0 Å². The topological polar surface area (TPSA) is 6.48 Å². The van der Waals surface area contributed by atoms with Crippen LogP contribution in [-0.2, 0) is 0 Å². The standard InChI is InChI=1S/C47H40N2/c1-5-36-12-7-9-15-44(36)46(6-2)48(40-26-18-34(3)19-27-40)42-30-22-37(23-31-42)38-24-32-43(33-25-38)49(41-28-20-35(4)21-29-41)47-17-11-14-39-13-8-10-16-45(39)47/h5-33H,1H2,2-4H3/b46-6+. The maximum absolute atomic E-state index is 4.09. The van der Waals surface area contributed by atoms with Crippen molar-refractivity contribution in [1.82, 2.24) is 0 Å². The fourth-order valence-electron chi connectivity index (χ4n) is 6.56. The van der Waals surface area contributed by atoms with E-state index >= 15 is 0 Å². The predicted octanol–water partition coefficient (Wildman–Crippen LogP) is 13.4. The van der Waals surface area contributed by atoms with E-state index in [1.807, 2.05) is 6.08 Å². The van der Waals surface area contributed by atoms with Crippen molar-refractivity contribution in [3.05, 3.63) is 199 Å². The van der Waals surface area contributed by atoms with E-state index in [9.17, 15) is 0 Å². The molecule has 2 nitrogen and oxygen atoms in total. The summed E-state index contributed by atoms with van der Waals surface area (Å²) in [5, 5.41) is 2.45. The molecule has 7 aromatic rings. The van der Waals surface area contributed by atoms with Crippen LogP contribution in [-0.4, -0.2) is 0 Å². The van der Waals surface area contributed by atoms with Gasteiger partial charge in [0.15, 0.2) is 0 Å². The second-order valence-electron chi connectivity index (χ2n) is 12.4. The largest absolute Gasteiger partial charge is 0.310 e. The molecule has 0 bridgehead atoms. The number of nitrogens with zero attached hydrogens (tertiary/aromatic N) is 2. The summed E-state index contributed by atoms with van der Waals surface area (Å²) >= 11 is 0. The molecule has 0 amide bonds. The summed E-state index contributed by atoms with van der Waals surface area (Å²) in [6.07, 6.45) is 4.11. The Morgan fingerprint density at radius 1 is 0.510 bits per heavy atom. The third-order valence-corrected chi connectivity index (χ3v) is 9.15. The third-order valence-electron chi connectivity index (χ3n) is 9.15. The Hall–Kier alpha value is -6.12. The molecule has 238 valence electrons. The Kier molecular flexibility index (Phi) is 8.95. The van der Waals surface area contributed by atoms with Crippen molar-refractivity contribution in [2.45, 2.75) is 20.8 Å². The third kappa shape index (κ3) is 6.42. The van der Waals surface area contributed by atoms with Crippen LogP contribution in [0.4, 0.5) is 28.4 Å². The lowest BCUT2D eigenvalue weighted by atomic mass is 10.0. The van der Waals surface area contributed by atoms with Crippen LogP contribution in [0.1, 0.15) is 29.2 Å². The molecule has 0 saturated heterocycles. The molecular formula is C47H40N2. The van der Waals surface area contributed by atoms with Gasteiger partial charge < -0.3 is 9.80 Å². The van der Waals surface area contributed by atoms with Crippen molar-refractivity contribution in [1.29, 1.82) is 0 Å². The molecule has 0 fully saturated rings. The average molecular weight is 633 g/mol. The molecule has 0 radical (unpaired) electrons. The zero-order valence-corrected chi connectivity index (χ0v) is 28.3. The average Bonchev–Trinajstić information content (AvgIpc) is 3.16. The lowest BCUT2D eigenvalue weighted by molar-refractivity contribution is 1.27. The number of benzene rings is 7. The van der Waals surface area contributed by atoms with E-state index in [2.05, 4.69) is 207 Å². The van der Waals surface area contributed by atoms with Crippen LogP contribution in [0.25, 0.3) is 33.7 Å². The maximum atomic E-state index is 4.09. The molecule has 0 spiro atoms. The fourth-order valence-corrected chi connectivity index (χ4v) is 6.56. The second-order valence-corrected chi connectivity index (χ2v) is 12.4. The molecule has 0 N–H and O–H groups in total. The fraction of sp³-hybridized carbons (Fsp3) is 0.0638. The van der Waals surface area contributed by atoms with Crippen LogP contribution in [0.5, 0.6) is 0 Å². The van der Waals surface area contributed by atoms with Crippen LogP contribution in [0.15, 0.2) is 176 Å². The van der Waals surface area contributed by atoms with Crippen LogP contribution < -0.4 is 9.80 Å². The van der Waals surface area contributed by atoms with E-state index in [4.69, 9.17) is 0 Å². The monoisotopic (exact) mass is 632 g/mol. The van der Waals surface area contributed by atoms with E-state index in [1.54, 1.807) is 0 Å². The first-order valence-electron chi connectivity index (χ1n) is 16.8. The Bertz CT molecular complexity index is 2240. The van der Waals surface area contributed by atoms with Gasteiger partial charge in [0, 0.05) is 39.4 Å². The normalized spacial score (nSPS) is 11.4. The van der Waals surface area contributed by atoms with Crippen molar-refractivity contribution in [3.63, 3.8) is 0 Å². The van der Waals surface area contributed by atoms with Crippen molar-refractivity contribution >= 4 is 51.0 Å². The lowest BCUT2D eigenvalue weighted by Crippen LogP contribution is -2.16. The van der Waals surface area contributed by atoms with E-state index in [1.165, 1.54) is 33.0 Å². The molecule has 0 saturated carbocycles. The highest BCUT2D eigenvalue weighted by Crippen LogP contribution is 2.41. The number of fused-ring (bicyclic) bond motifs is 1. The zero-order chi connectivity index (χ0) is 33.7. The number of anilines is 5. The summed E-state index contributed by atoms with van der Waals surface area (Å²) in [6.45, 7) is 10.4. The SMILES string of the molecule is C=Cc1ccccc1/C(=C\C)N(c1ccc(C)cc1)c1ccc(-c2ccc(N(c3ccc(C)cc3)c3cccc4ccccc34)cc2)cc1. The molecule has 0 heterocycles. The quantitative estimate of drug-likeness (QED) is 0.156. The number of aryl methyl sites for hydroxylation is 2. The van der Waals surface area contributed by atoms with Crippen molar-refractivity contribution < 1.29 is 0 Å². The van der Waals surface area contributed by atoms with Gasteiger partial charge in [-0.25, -0.2) is 0 Å². The summed E-state index contributed by atoms with van der Waals surface area (Å²) in [6, 6.07) is 58.9. The molecule has 0 aliphatic heterocycles. The zero-order valence-electron chi connectivity index (χ0n) is 28.3. The number of hydrogen-bond acceptors (Lipinski definition) is 2. The summed E-state index contributed by atoms with van der Waals surface area (Å²) in [5.74, 6) is 0. The Balaban J connectivity index is 1.25. The molecule has 0 atom stereocenters. The Morgan fingerprint density at radius 2 is 1.00 bits per heavy atom. The second kappa shape index (κ2) is 13.9. The lowest BCUT2D eigenvalue weighted by Gasteiger charge is -2.29. The van der Waals surface area contributed by atoms with Crippen LogP contribution >= 0.6 is 0 Å². The molecule has 7 rings (SSSR count). The van der Waals surface area contributed by atoms with Gasteiger partial charge in [-0.15, -0.1) is 0 Å². The van der Waals surface area contributed by atoms with Gasteiger partial charge in [0.1, 0.15) is 0 Å². The van der Waals surface area contributed by atoms with Crippen LogP contribution in [0, 0.1) is 13.8 Å². The van der Waals surface area contributed by atoms with Gasteiger partial charge in [0.05, 0.1) is 5.69 Å². The van der Waals surface area contributed by atoms with Gasteiger partial charge in [0.2, 0.25) is 0 Å². The van der Waals surface area contributed by atoms with Crippen LogP contribution in [0.2, 0.25) is 0 Å². The molecule has 7 aromatic carbocycles. The van der Waals surface area contributed by atoms with Crippen molar-refractivity contribution in [3.8, 4) is 11.1 Å². The van der Waals surface area contributed by atoms with Gasteiger partial charge in [-0.2, -0.15) is 0 Å². The first-order valence-corrected chi connectivity index (χ1v) is 16.8. The summed E-state index contributed by atoms with van der Waals surface area (Å²) in [7, 11) is 0. The van der Waals surface area contributed by atoms with Gasteiger partial charge in [0.25, 0.3) is 0 Å². The van der Waals surface area contributed by atoms with Gasteiger partial charge >= 0.3 is 0 Å². The number of rotatable bonds is 9. The smallest absolute Gasteiger partial charge is 0.0540 e. The molecule has 0 aliphatic carbocycles. The van der Waals surface area contributed by atoms with Crippen LogP contribution in [0.3, 0.4) is 0 Å². The molecular weight excluding hydrogens is 593 g/mol. The van der Waals surface area contributed by atoms with Gasteiger partial charge in [-0.3, -0.25) is 0 Å². The highest BCUT2D eigenvalue weighted by molar-refractivity contribution is 5.99. The van der Waals surface area contributed by atoms with Gasteiger partial charge in [-0.1, -0.05) is 139 Å². The highest BCUT2D eigenvalue weighted by atomic mass is 15.2. The Labute approximate surface area is 290 Å². The summed E-state index contributed by atoms with van der Waals surface area (Å²) in [4.78, 5) is 4.69. The number of allylic oxidation sites excluding steroid dienone is 1. The first kappa shape index (κ1) is 31.5. The summed E-state index contributed by atoms with van der Waals surface area (Å²) < 4.78 is 0. The first-order chi connectivity index (χ1) is 24.0. The molecule has 49 heavy (non-hydrogen) atoms. The van der Waals surface area contributed by atoms with Gasteiger partial charge in [-0.05, 0) is 97.4 Å². The minimum absolute atomic E-state index is 1.10. The van der Waals surface area contributed by atoms with E-state index in [-0.39, 0.29) is 0 Å². The Morgan fingerprint density at radius 3 is 1.59 bits per heavy atom. The highest BCUT2D eigenvalue weighted by Gasteiger charge is 2.19. The molecule has 0 aliphatic rings. The van der Waals surface area contributed by atoms with Crippen molar-refractivity contribution in [2.24, 2.45) is 0 Å². The number of hydrogen-bond donors (Lipinski definition) is 0. The molecule has 2 heteroatoms. The van der Waals surface area contributed by atoms with E-state index in [0.717, 1.165) is 45.3 Å². The van der Waals surface area contributed by atoms with E-state index in [0.29, 0.717) is 0 Å². The maximum Gasteiger partial charge on any atom is 0.0540 e. The predicted molar refractivity (Wildman–Crippen MR) is 212 cm³/mol. The minimum Gasteiger partial charge on any atom is -0.310 e. The minimum atomic E-state index is 1.10. The summed E-state index contributed by atoms with van der Waals surface area (Å²) in [5.41, 5.74) is 13.8. The van der Waals surface area contributed by atoms with Crippen molar-refractivity contribution in [2.75, 3.05) is 9.80 Å². The molecule has 0 unspecified atom stereocenters.